The lowest BCUT2D eigenvalue weighted by molar-refractivity contribution is -0.146. The Bertz CT molecular complexity index is 1430. The fourth-order valence-electron chi connectivity index (χ4n) is 3.50. The normalized spacial score (nSPS) is 11.2. The fourth-order valence-corrected chi connectivity index (χ4v) is 4.74. The molecule has 0 saturated heterocycles. The van der Waals surface area contributed by atoms with Crippen LogP contribution in [0.4, 0.5) is 11.4 Å². The topological polar surface area (TPSA) is 109 Å². The minimum absolute atomic E-state index is 0.0213. The predicted molar refractivity (Wildman–Crippen MR) is 130 cm³/mol. The third kappa shape index (κ3) is 5.10. The molecule has 1 aromatic heterocycles. The molecule has 0 unspecified atom stereocenters. The molecule has 0 bridgehead atoms. The number of nitrogens with one attached hydrogen (secondary N) is 2. The van der Waals surface area contributed by atoms with Crippen LogP contribution >= 0.6 is 0 Å². The zero-order valence-electron chi connectivity index (χ0n) is 18.4. The van der Waals surface area contributed by atoms with Crippen LogP contribution in [-0.2, 0) is 30.8 Å². The van der Waals surface area contributed by atoms with Crippen molar-refractivity contribution in [2.45, 2.75) is 11.3 Å². The van der Waals surface area contributed by atoms with Gasteiger partial charge >= 0.3 is 5.97 Å². The van der Waals surface area contributed by atoms with Crippen LogP contribution in [0.5, 0.6) is 0 Å². The Morgan fingerprint density at radius 2 is 1.71 bits per heavy atom. The number of aromatic nitrogens is 1. The fraction of sp³-hybridized carbons (Fsp3) is 0.120. The van der Waals surface area contributed by atoms with Crippen molar-refractivity contribution < 1.29 is 22.7 Å². The first-order valence-corrected chi connectivity index (χ1v) is 11.9. The number of sulfonamides is 1. The summed E-state index contributed by atoms with van der Waals surface area (Å²) in [5.74, 6) is -1.11. The maximum absolute atomic E-state index is 13.0. The van der Waals surface area contributed by atoms with Gasteiger partial charge in [0, 0.05) is 29.8 Å². The number of anilines is 2. The van der Waals surface area contributed by atoms with Crippen molar-refractivity contribution in [2.75, 3.05) is 23.3 Å². The molecular weight excluding hydrogens is 454 g/mol. The monoisotopic (exact) mass is 477 g/mol. The number of hydrogen-bond donors (Lipinski definition) is 2. The predicted octanol–water partition coefficient (Wildman–Crippen LogP) is 3.72. The molecule has 0 saturated carbocycles. The molecule has 0 aliphatic heterocycles. The van der Waals surface area contributed by atoms with Gasteiger partial charge in [-0.1, -0.05) is 42.5 Å². The first-order valence-electron chi connectivity index (χ1n) is 10.5. The van der Waals surface area contributed by atoms with Crippen molar-refractivity contribution in [1.82, 2.24) is 4.98 Å². The van der Waals surface area contributed by atoms with E-state index in [0.29, 0.717) is 5.69 Å². The van der Waals surface area contributed by atoms with Crippen molar-refractivity contribution in [3.63, 3.8) is 0 Å². The van der Waals surface area contributed by atoms with Gasteiger partial charge in [-0.05, 0) is 42.0 Å². The second-order valence-corrected chi connectivity index (χ2v) is 9.55. The van der Waals surface area contributed by atoms with Crippen molar-refractivity contribution in [3.8, 4) is 0 Å². The van der Waals surface area contributed by atoms with Crippen LogP contribution in [0.2, 0.25) is 0 Å². The van der Waals surface area contributed by atoms with Crippen molar-refractivity contribution in [1.29, 1.82) is 0 Å². The van der Waals surface area contributed by atoms with E-state index in [1.807, 2.05) is 24.3 Å². The highest BCUT2D eigenvalue weighted by Gasteiger charge is 2.22. The lowest BCUT2D eigenvalue weighted by atomic mass is 10.1. The van der Waals surface area contributed by atoms with Crippen molar-refractivity contribution >= 4 is 44.2 Å². The molecular formula is C25H23N3O5S. The molecule has 4 rings (SSSR count). The van der Waals surface area contributed by atoms with Gasteiger partial charge in [-0.2, -0.15) is 0 Å². The van der Waals surface area contributed by atoms with E-state index in [1.165, 1.54) is 29.6 Å². The van der Waals surface area contributed by atoms with E-state index in [9.17, 15) is 18.0 Å². The molecule has 8 nitrogen and oxygen atoms in total. The molecule has 0 atom stereocenters. The molecule has 3 aromatic carbocycles. The highest BCUT2D eigenvalue weighted by atomic mass is 32.2. The number of carbonyl (C=O) groups excluding carboxylic acids is 2. The molecule has 9 heteroatoms. The summed E-state index contributed by atoms with van der Waals surface area (Å²) in [7, 11) is -2.37. The molecule has 1 heterocycles. The van der Waals surface area contributed by atoms with E-state index in [-0.39, 0.29) is 17.0 Å². The first-order chi connectivity index (χ1) is 16.3. The van der Waals surface area contributed by atoms with Gasteiger partial charge in [0.1, 0.15) is 0 Å². The summed E-state index contributed by atoms with van der Waals surface area (Å²) in [5, 5.41) is 3.49. The number of ether oxygens (including phenoxy) is 1. The average Bonchev–Trinajstić information content (AvgIpc) is 3.25. The molecule has 1 amide bonds. The number of esters is 1. The van der Waals surface area contributed by atoms with Gasteiger partial charge in [0.25, 0.3) is 15.9 Å². The summed E-state index contributed by atoms with van der Waals surface area (Å²) in [6.45, 7) is -0.484. The summed E-state index contributed by atoms with van der Waals surface area (Å²) in [4.78, 5) is 27.6. The van der Waals surface area contributed by atoms with E-state index in [2.05, 4.69) is 10.3 Å². The van der Waals surface area contributed by atoms with Crippen molar-refractivity contribution in [3.05, 3.63) is 90.6 Å². The van der Waals surface area contributed by atoms with Gasteiger partial charge in [-0.25, -0.2) is 8.42 Å². The quantitative estimate of drug-likeness (QED) is 0.376. The van der Waals surface area contributed by atoms with Crippen LogP contribution in [0.15, 0.2) is 90.0 Å². The summed E-state index contributed by atoms with van der Waals surface area (Å²) in [6, 6.07) is 22.2. The molecule has 0 fully saturated rings. The second-order valence-electron chi connectivity index (χ2n) is 7.58. The highest BCUT2D eigenvalue weighted by molar-refractivity contribution is 7.92. The molecule has 0 radical (unpaired) electrons. The zero-order chi connectivity index (χ0) is 24.1. The highest BCUT2D eigenvalue weighted by Crippen LogP contribution is 2.24. The van der Waals surface area contributed by atoms with E-state index in [4.69, 9.17) is 4.74 Å². The van der Waals surface area contributed by atoms with Crippen LogP contribution in [0, 0.1) is 0 Å². The number of hydrogen-bond acceptors (Lipinski definition) is 5. The Labute approximate surface area is 197 Å². The Morgan fingerprint density at radius 1 is 0.971 bits per heavy atom. The molecule has 34 heavy (non-hydrogen) atoms. The first kappa shape index (κ1) is 23.1. The van der Waals surface area contributed by atoms with Gasteiger partial charge in [0.05, 0.1) is 17.0 Å². The molecule has 0 aliphatic rings. The Hall–Kier alpha value is -4.11. The molecule has 2 N–H and O–H groups in total. The van der Waals surface area contributed by atoms with Gasteiger partial charge in [-0.15, -0.1) is 0 Å². The minimum Gasteiger partial charge on any atom is -0.455 e. The minimum atomic E-state index is -3.83. The standard InChI is InChI=1S/C25H23N3O5S/c1-28(20-9-3-2-4-10-20)34(31,32)21-11-7-8-19(15-21)27-24(29)17-33-25(30)14-18-16-26-23-13-6-5-12-22(18)23/h2-13,15-16,26H,14,17H2,1H3,(H,27,29). The Kier molecular flexibility index (Phi) is 6.65. The number of rotatable bonds is 8. The van der Waals surface area contributed by atoms with Gasteiger partial charge in [0.2, 0.25) is 0 Å². The number of carbonyl (C=O) groups is 2. The number of nitrogens with zero attached hydrogens (tertiary/aromatic N) is 1. The molecule has 174 valence electrons. The second kappa shape index (κ2) is 9.80. The SMILES string of the molecule is CN(c1ccccc1)S(=O)(=O)c1cccc(NC(=O)COC(=O)Cc2c[nH]c3ccccc23)c1. The zero-order valence-corrected chi connectivity index (χ0v) is 19.2. The molecule has 0 spiro atoms. The van der Waals surface area contributed by atoms with Crippen LogP contribution in [0.25, 0.3) is 10.9 Å². The largest absolute Gasteiger partial charge is 0.455 e. The lowest BCUT2D eigenvalue weighted by Gasteiger charge is -2.19. The summed E-state index contributed by atoms with van der Waals surface area (Å²) in [6.07, 6.45) is 1.77. The number of benzene rings is 3. The third-order valence-electron chi connectivity index (χ3n) is 5.27. The Morgan fingerprint density at radius 3 is 2.50 bits per heavy atom. The van der Waals surface area contributed by atoms with Crippen LogP contribution in [0.1, 0.15) is 5.56 Å². The van der Waals surface area contributed by atoms with Crippen LogP contribution in [-0.4, -0.2) is 38.9 Å². The summed E-state index contributed by atoms with van der Waals surface area (Å²) in [5.41, 5.74) is 2.48. The van der Waals surface area contributed by atoms with Gasteiger partial charge in [-0.3, -0.25) is 13.9 Å². The lowest BCUT2D eigenvalue weighted by Crippen LogP contribution is -2.26. The molecule has 4 aromatic rings. The number of para-hydroxylation sites is 2. The van der Waals surface area contributed by atoms with Crippen molar-refractivity contribution in [2.24, 2.45) is 0 Å². The smallest absolute Gasteiger partial charge is 0.310 e. The Balaban J connectivity index is 1.36. The average molecular weight is 478 g/mol. The third-order valence-corrected chi connectivity index (χ3v) is 7.05. The number of fused-ring (bicyclic) bond motifs is 1. The summed E-state index contributed by atoms with van der Waals surface area (Å²) < 4.78 is 32.2. The number of H-pyrrole nitrogens is 1. The number of aromatic amines is 1. The van der Waals surface area contributed by atoms with E-state index in [1.54, 1.807) is 42.6 Å². The van der Waals surface area contributed by atoms with E-state index in [0.717, 1.165) is 16.5 Å². The van der Waals surface area contributed by atoms with Crippen LogP contribution < -0.4 is 9.62 Å². The van der Waals surface area contributed by atoms with E-state index >= 15 is 0 Å². The van der Waals surface area contributed by atoms with Gasteiger partial charge < -0.3 is 15.0 Å². The van der Waals surface area contributed by atoms with Gasteiger partial charge in [0.15, 0.2) is 6.61 Å². The molecule has 0 aliphatic carbocycles. The maximum atomic E-state index is 13.0. The maximum Gasteiger partial charge on any atom is 0.310 e. The van der Waals surface area contributed by atoms with E-state index < -0.39 is 28.5 Å². The van der Waals surface area contributed by atoms with Crippen LogP contribution in [0.3, 0.4) is 0 Å². The summed E-state index contributed by atoms with van der Waals surface area (Å²) >= 11 is 0. The number of amides is 1.